The normalized spacial score (nSPS) is 10.1. The van der Waals surface area contributed by atoms with E-state index < -0.39 is 0 Å². The van der Waals surface area contributed by atoms with Crippen LogP contribution in [-0.2, 0) is 6.42 Å². The number of amides is 1. The third-order valence-electron chi connectivity index (χ3n) is 2.78. The van der Waals surface area contributed by atoms with Gasteiger partial charge in [-0.05, 0) is 17.7 Å². The standard InChI is InChI=1S/C14H15N3O3/c1-15-14(19)11-8-13(18)17-12(16-11)7-9-3-5-10(20-2)6-4-9/h3-6,8H,7H2,1-2H3,(H,15,19)(H,16,17,18). The minimum absolute atomic E-state index is 0.111. The van der Waals surface area contributed by atoms with E-state index in [4.69, 9.17) is 4.74 Å². The van der Waals surface area contributed by atoms with Gasteiger partial charge in [-0.2, -0.15) is 0 Å². The Morgan fingerprint density at radius 2 is 2.05 bits per heavy atom. The van der Waals surface area contributed by atoms with Gasteiger partial charge >= 0.3 is 0 Å². The first kappa shape index (κ1) is 13.8. The number of hydrogen-bond acceptors (Lipinski definition) is 4. The molecule has 0 saturated heterocycles. The van der Waals surface area contributed by atoms with Crippen LogP contribution < -0.4 is 15.6 Å². The molecule has 0 unspecified atom stereocenters. The second-order valence-corrected chi connectivity index (χ2v) is 4.18. The van der Waals surface area contributed by atoms with E-state index in [9.17, 15) is 9.59 Å². The Balaban J connectivity index is 2.26. The maximum absolute atomic E-state index is 11.5. The SMILES string of the molecule is CNC(=O)c1cc(=O)[nH]c(Cc2ccc(OC)cc2)n1. The van der Waals surface area contributed by atoms with Crippen LogP contribution in [0, 0.1) is 0 Å². The molecule has 0 saturated carbocycles. The number of nitrogens with one attached hydrogen (secondary N) is 2. The van der Waals surface area contributed by atoms with Crippen LogP contribution >= 0.6 is 0 Å². The van der Waals surface area contributed by atoms with Gasteiger partial charge in [0.15, 0.2) is 0 Å². The zero-order chi connectivity index (χ0) is 14.5. The number of aromatic amines is 1. The zero-order valence-electron chi connectivity index (χ0n) is 11.3. The molecule has 2 N–H and O–H groups in total. The van der Waals surface area contributed by atoms with Crippen LogP contribution in [0.25, 0.3) is 0 Å². The minimum Gasteiger partial charge on any atom is -0.497 e. The molecule has 0 aliphatic rings. The molecule has 1 aromatic heterocycles. The predicted octanol–water partition coefficient (Wildman–Crippen LogP) is 0.729. The maximum Gasteiger partial charge on any atom is 0.269 e. The van der Waals surface area contributed by atoms with Crippen LogP contribution in [0.1, 0.15) is 21.9 Å². The lowest BCUT2D eigenvalue weighted by Crippen LogP contribution is -2.23. The summed E-state index contributed by atoms with van der Waals surface area (Å²) >= 11 is 0. The van der Waals surface area contributed by atoms with Crippen LogP contribution in [0.15, 0.2) is 35.1 Å². The molecular weight excluding hydrogens is 258 g/mol. The Morgan fingerprint density at radius 3 is 2.65 bits per heavy atom. The van der Waals surface area contributed by atoms with Crippen molar-refractivity contribution < 1.29 is 9.53 Å². The number of rotatable bonds is 4. The van der Waals surface area contributed by atoms with Crippen molar-refractivity contribution in [3.05, 3.63) is 57.8 Å². The second-order valence-electron chi connectivity index (χ2n) is 4.18. The van der Waals surface area contributed by atoms with Gasteiger partial charge in [-0.3, -0.25) is 9.59 Å². The molecule has 20 heavy (non-hydrogen) atoms. The summed E-state index contributed by atoms with van der Waals surface area (Å²) in [6.45, 7) is 0. The van der Waals surface area contributed by atoms with Gasteiger partial charge in [-0.1, -0.05) is 12.1 Å². The highest BCUT2D eigenvalue weighted by atomic mass is 16.5. The summed E-state index contributed by atoms with van der Waals surface area (Å²) in [4.78, 5) is 29.8. The largest absolute Gasteiger partial charge is 0.497 e. The number of carbonyl (C=O) groups is 1. The Hall–Kier alpha value is -2.63. The molecule has 2 rings (SSSR count). The summed E-state index contributed by atoms with van der Waals surface area (Å²) in [7, 11) is 3.09. The quantitative estimate of drug-likeness (QED) is 0.860. The summed E-state index contributed by atoms with van der Waals surface area (Å²) in [5.41, 5.74) is 0.727. The molecule has 0 fully saturated rings. The predicted molar refractivity (Wildman–Crippen MR) is 74.0 cm³/mol. The topological polar surface area (TPSA) is 84.1 Å². The molecule has 0 aliphatic carbocycles. The number of H-pyrrole nitrogens is 1. The van der Waals surface area contributed by atoms with E-state index in [1.165, 1.54) is 13.1 Å². The van der Waals surface area contributed by atoms with E-state index in [0.29, 0.717) is 12.2 Å². The lowest BCUT2D eigenvalue weighted by Gasteiger charge is -2.05. The highest BCUT2D eigenvalue weighted by molar-refractivity contribution is 5.91. The van der Waals surface area contributed by atoms with E-state index in [1.54, 1.807) is 7.11 Å². The van der Waals surface area contributed by atoms with E-state index >= 15 is 0 Å². The van der Waals surface area contributed by atoms with E-state index in [-0.39, 0.29) is 17.2 Å². The number of nitrogens with zero attached hydrogens (tertiary/aromatic N) is 1. The number of hydrogen-bond donors (Lipinski definition) is 2. The molecule has 1 heterocycles. The van der Waals surface area contributed by atoms with Crippen LogP contribution in [0.4, 0.5) is 0 Å². The van der Waals surface area contributed by atoms with Gasteiger partial charge < -0.3 is 15.0 Å². The second kappa shape index (κ2) is 6.01. The molecule has 0 spiro atoms. The molecule has 0 atom stereocenters. The molecule has 1 aromatic carbocycles. The molecule has 2 aromatic rings. The van der Waals surface area contributed by atoms with Gasteiger partial charge in [0.25, 0.3) is 11.5 Å². The fourth-order valence-electron chi connectivity index (χ4n) is 1.77. The third kappa shape index (κ3) is 3.23. The summed E-state index contributed by atoms with van der Waals surface area (Å²) in [5.74, 6) is 0.822. The summed E-state index contributed by atoms with van der Waals surface area (Å²) in [6.07, 6.45) is 0.435. The Bertz CT molecular complexity index is 662. The van der Waals surface area contributed by atoms with Gasteiger partial charge in [0.05, 0.1) is 7.11 Å². The Kier molecular flexibility index (Phi) is 4.14. The first-order valence-electron chi connectivity index (χ1n) is 6.07. The van der Waals surface area contributed by atoms with Gasteiger partial charge in [-0.25, -0.2) is 4.98 Å². The molecule has 1 amide bonds. The maximum atomic E-state index is 11.5. The summed E-state index contributed by atoms with van der Waals surface area (Å²) in [6, 6.07) is 8.60. The van der Waals surface area contributed by atoms with Crippen molar-refractivity contribution in [2.24, 2.45) is 0 Å². The molecule has 6 nitrogen and oxygen atoms in total. The van der Waals surface area contributed by atoms with Crippen molar-refractivity contribution in [3.63, 3.8) is 0 Å². The Labute approximate surface area is 115 Å². The average Bonchev–Trinajstić information content (AvgIpc) is 2.46. The first-order chi connectivity index (χ1) is 9.62. The summed E-state index contributed by atoms with van der Waals surface area (Å²) < 4.78 is 5.08. The fourth-order valence-corrected chi connectivity index (χ4v) is 1.77. The molecule has 0 aliphatic heterocycles. The first-order valence-corrected chi connectivity index (χ1v) is 6.07. The molecular formula is C14H15N3O3. The lowest BCUT2D eigenvalue weighted by atomic mass is 10.1. The number of benzene rings is 1. The number of carbonyl (C=O) groups excluding carboxylic acids is 1. The fraction of sp³-hybridized carbons (Fsp3) is 0.214. The van der Waals surface area contributed by atoms with Crippen LogP contribution in [0.5, 0.6) is 5.75 Å². The van der Waals surface area contributed by atoms with Gasteiger partial charge in [0, 0.05) is 19.5 Å². The van der Waals surface area contributed by atoms with Crippen molar-refractivity contribution in [1.29, 1.82) is 0 Å². The van der Waals surface area contributed by atoms with Gasteiger partial charge in [0.1, 0.15) is 17.3 Å². The van der Waals surface area contributed by atoms with Gasteiger partial charge in [0.2, 0.25) is 0 Å². The number of methoxy groups -OCH3 is 1. The third-order valence-corrected chi connectivity index (χ3v) is 2.78. The van der Waals surface area contributed by atoms with E-state index in [2.05, 4.69) is 15.3 Å². The number of ether oxygens (including phenoxy) is 1. The van der Waals surface area contributed by atoms with Crippen molar-refractivity contribution >= 4 is 5.91 Å². The smallest absolute Gasteiger partial charge is 0.269 e. The average molecular weight is 273 g/mol. The van der Waals surface area contributed by atoms with Crippen molar-refractivity contribution in [1.82, 2.24) is 15.3 Å². The summed E-state index contributed by atoms with van der Waals surface area (Å²) in [5, 5.41) is 2.44. The van der Waals surface area contributed by atoms with Crippen LogP contribution in [0.2, 0.25) is 0 Å². The lowest BCUT2D eigenvalue weighted by molar-refractivity contribution is 0.0957. The molecule has 0 radical (unpaired) electrons. The monoisotopic (exact) mass is 273 g/mol. The van der Waals surface area contributed by atoms with Crippen LogP contribution in [-0.4, -0.2) is 30.0 Å². The highest BCUT2D eigenvalue weighted by Gasteiger charge is 2.08. The van der Waals surface area contributed by atoms with E-state index in [1.807, 2.05) is 24.3 Å². The number of aromatic nitrogens is 2. The Morgan fingerprint density at radius 1 is 1.35 bits per heavy atom. The van der Waals surface area contributed by atoms with Crippen molar-refractivity contribution in [3.8, 4) is 5.75 Å². The highest BCUT2D eigenvalue weighted by Crippen LogP contribution is 2.13. The minimum atomic E-state index is -0.382. The van der Waals surface area contributed by atoms with Gasteiger partial charge in [-0.15, -0.1) is 0 Å². The zero-order valence-corrected chi connectivity index (χ0v) is 11.3. The molecule has 6 heteroatoms. The van der Waals surface area contributed by atoms with E-state index in [0.717, 1.165) is 11.3 Å². The molecule has 104 valence electrons. The van der Waals surface area contributed by atoms with Crippen LogP contribution in [0.3, 0.4) is 0 Å². The van der Waals surface area contributed by atoms with Crippen molar-refractivity contribution in [2.45, 2.75) is 6.42 Å². The van der Waals surface area contributed by atoms with Crippen molar-refractivity contribution in [2.75, 3.05) is 14.2 Å². The molecule has 0 bridgehead atoms.